The Bertz CT molecular complexity index is 1230. The van der Waals surface area contributed by atoms with Gasteiger partial charge in [-0.1, -0.05) is 22.7 Å². The average molecular weight is 452 g/mol. The Morgan fingerprint density at radius 3 is 2.55 bits per heavy atom. The largest absolute Gasteiger partial charge is 0.506 e. The Morgan fingerprint density at radius 1 is 1.03 bits per heavy atom. The topological polar surface area (TPSA) is 103 Å². The number of hydrogen-bond donors (Lipinski definition) is 3. The molecule has 1 spiro atoms. The van der Waals surface area contributed by atoms with Crippen molar-refractivity contribution in [3.8, 4) is 27.6 Å². The number of aromatic nitrogens is 5. The molecule has 3 aliphatic heterocycles. The lowest BCUT2D eigenvalue weighted by atomic mass is 9.70. The molecule has 0 amide bonds. The first-order valence-corrected chi connectivity index (χ1v) is 12.2. The van der Waals surface area contributed by atoms with Crippen molar-refractivity contribution in [1.29, 1.82) is 0 Å². The van der Waals surface area contributed by atoms with Crippen LogP contribution in [0.5, 0.6) is 5.75 Å². The highest BCUT2D eigenvalue weighted by molar-refractivity contribution is 7.29. The predicted molar refractivity (Wildman–Crippen MR) is 122 cm³/mol. The van der Waals surface area contributed by atoms with Crippen LogP contribution in [0.2, 0.25) is 0 Å². The highest BCUT2D eigenvalue weighted by Gasteiger charge is 2.51. The fraction of sp³-hybridized carbons (Fsp3) is 0.429. The molecule has 0 aromatic carbocycles. The molecule has 7 heterocycles. The van der Waals surface area contributed by atoms with E-state index in [1.54, 1.807) is 36.0 Å². The Morgan fingerprint density at radius 2 is 1.84 bits per heavy atom. The van der Waals surface area contributed by atoms with E-state index >= 15 is 0 Å². The molecule has 3 aliphatic rings. The van der Waals surface area contributed by atoms with Gasteiger partial charge in [0.1, 0.15) is 16.5 Å². The van der Waals surface area contributed by atoms with E-state index < -0.39 is 0 Å². The molecule has 7 rings (SSSR count). The number of nitrogens with zero attached hydrogens (tertiary/aromatic N) is 5. The summed E-state index contributed by atoms with van der Waals surface area (Å²) in [5.41, 5.74) is 2.68. The third-order valence-electron chi connectivity index (χ3n) is 6.88. The minimum Gasteiger partial charge on any atom is -0.506 e. The zero-order valence-electron chi connectivity index (χ0n) is 16.7. The predicted octanol–water partition coefficient (Wildman–Crippen LogP) is 3.63. The van der Waals surface area contributed by atoms with E-state index in [9.17, 15) is 5.11 Å². The smallest absolute Gasteiger partial charge is 0.188 e. The summed E-state index contributed by atoms with van der Waals surface area (Å²) in [5, 5.41) is 22.8. The number of fused-ring (bicyclic) bond motifs is 3. The maximum atomic E-state index is 10.5. The van der Waals surface area contributed by atoms with Crippen LogP contribution in [0.1, 0.15) is 25.7 Å². The van der Waals surface area contributed by atoms with Crippen molar-refractivity contribution in [3.05, 3.63) is 24.7 Å². The van der Waals surface area contributed by atoms with Gasteiger partial charge in [-0.05, 0) is 31.7 Å². The third kappa shape index (κ3) is 2.89. The zero-order valence-corrected chi connectivity index (χ0v) is 18.3. The van der Waals surface area contributed by atoms with Crippen LogP contribution in [-0.4, -0.2) is 55.4 Å². The average Bonchev–Trinajstić information content (AvgIpc) is 3.50. The van der Waals surface area contributed by atoms with E-state index in [0.29, 0.717) is 16.1 Å². The van der Waals surface area contributed by atoms with Gasteiger partial charge in [0.25, 0.3) is 0 Å². The highest BCUT2D eigenvalue weighted by Crippen LogP contribution is 2.49. The van der Waals surface area contributed by atoms with Gasteiger partial charge in [-0.3, -0.25) is 5.10 Å². The Kier molecular flexibility index (Phi) is 3.77. The number of nitrogens with one attached hydrogen (secondary N) is 2. The molecule has 4 aromatic rings. The van der Waals surface area contributed by atoms with Crippen LogP contribution in [0.15, 0.2) is 24.7 Å². The first kappa shape index (κ1) is 18.1. The molecular formula is C21H21N7OS2. The van der Waals surface area contributed by atoms with Gasteiger partial charge >= 0.3 is 0 Å². The van der Waals surface area contributed by atoms with E-state index in [-0.39, 0.29) is 5.75 Å². The second-order valence-electron chi connectivity index (χ2n) is 9.11. The van der Waals surface area contributed by atoms with Crippen molar-refractivity contribution in [1.82, 2.24) is 30.5 Å². The molecule has 3 saturated heterocycles. The van der Waals surface area contributed by atoms with Gasteiger partial charge in [0.05, 0.1) is 6.20 Å². The van der Waals surface area contributed by atoms with Crippen LogP contribution >= 0.6 is 22.7 Å². The summed E-state index contributed by atoms with van der Waals surface area (Å²) in [6.07, 6.45) is 10.5. The number of anilines is 1. The summed E-state index contributed by atoms with van der Waals surface area (Å²) in [4.78, 5) is 18.3. The van der Waals surface area contributed by atoms with E-state index in [4.69, 9.17) is 9.97 Å². The third-order valence-corrected chi connectivity index (χ3v) is 8.98. The summed E-state index contributed by atoms with van der Waals surface area (Å²) in [7, 11) is 0. The number of H-pyrrole nitrogens is 1. The number of rotatable bonds is 3. The van der Waals surface area contributed by atoms with Crippen LogP contribution in [0.25, 0.3) is 31.5 Å². The molecule has 8 nitrogen and oxygen atoms in total. The molecule has 10 heteroatoms. The van der Waals surface area contributed by atoms with E-state index in [0.717, 1.165) is 51.1 Å². The molecular weight excluding hydrogens is 430 g/mol. The molecule has 158 valence electrons. The van der Waals surface area contributed by atoms with E-state index in [2.05, 4.69) is 25.4 Å². The molecule has 31 heavy (non-hydrogen) atoms. The Labute approximate surface area is 186 Å². The molecule has 2 atom stereocenters. The molecule has 0 saturated carbocycles. The number of aromatic amines is 1. The summed E-state index contributed by atoms with van der Waals surface area (Å²) < 4.78 is 0. The molecule has 0 aliphatic carbocycles. The normalized spacial score (nSPS) is 24.2. The zero-order chi connectivity index (χ0) is 20.6. The van der Waals surface area contributed by atoms with Crippen molar-refractivity contribution in [2.45, 2.75) is 37.8 Å². The standard InChI is InChI=1S/C21H21N7OS2/c29-15-3-11(12-7-23-24-8-12)6-22-16(15)17-26-18-19(30-17)27-20(31-18)28-9-21(10-28)4-13-1-2-14(5-21)25-13/h3,6-8,13-14,25,29H,1-2,4-5,9-10H2,(H,23,24). The summed E-state index contributed by atoms with van der Waals surface area (Å²) in [5.74, 6) is 0.116. The Hall–Kier alpha value is -2.56. The maximum absolute atomic E-state index is 10.5. The number of aromatic hydroxyl groups is 1. The van der Waals surface area contributed by atoms with Crippen LogP contribution < -0.4 is 10.2 Å². The van der Waals surface area contributed by atoms with Gasteiger partial charge in [0.15, 0.2) is 14.8 Å². The van der Waals surface area contributed by atoms with E-state index in [1.165, 1.54) is 37.0 Å². The molecule has 3 N–H and O–H groups in total. The molecule has 0 radical (unpaired) electrons. The second kappa shape index (κ2) is 6.47. The van der Waals surface area contributed by atoms with Gasteiger partial charge < -0.3 is 15.3 Å². The van der Waals surface area contributed by atoms with Gasteiger partial charge in [0, 0.05) is 54.1 Å². The van der Waals surface area contributed by atoms with Crippen LogP contribution in [0, 0.1) is 5.41 Å². The van der Waals surface area contributed by atoms with Gasteiger partial charge in [-0.15, -0.1) is 0 Å². The molecule has 2 unspecified atom stereocenters. The number of piperidine rings is 1. The monoisotopic (exact) mass is 451 g/mol. The van der Waals surface area contributed by atoms with Crippen molar-refractivity contribution < 1.29 is 5.11 Å². The number of thiazole rings is 2. The Balaban J connectivity index is 1.11. The quantitative estimate of drug-likeness (QED) is 0.437. The molecule has 4 aromatic heterocycles. The van der Waals surface area contributed by atoms with Crippen LogP contribution in [0.3, 0.4) is 0 Å². The highest BCUT2D eigenvalue weighted by atomic mass is 32.1. The first-order chi connectivity index (χ1) is 15.1. The summed E-state index contributed by atoms with van der Waals surface area (Å²) in [6, 6.07) is 3.16. The molecule has 3 fully saturated rings. The van der Waals surface area contributed by atoms with Gasteiger partial charge in [-0.2, -0.15) is 5.10 Å². The van der Waals surface area contributed by atoms with Crippen molar-refractivity contribution in [2.24, 2.45) is 5.41 Å². The fourth-order valence-electron chi connectivity index (χ4n) is 5.56. The van der Waals surface area contributed by atoms with E-state index in [1.807, 2.05) is 0 Å². The lowest BCUT2D eigenvalue weighted by Gasteiger charge is -2.54. The fourth-order valence-corrected chi connectivity index (χ4v) is 7.61. The number of hydrogen-bond acceptors (Lipinski definition) is 9. The summed E-state index contributed by atoms with van der Waals surface area (Å²) in [6.45, 7) is 2.24. The first-order valence-electron chi connectivity index (χ1n) is 10.6. The number of pyridine rings is 1. The van der Waals surface area contributed by atoms with Gasteiger partial charge in [0.2, 0.25) is 0 Å². The minimum atomic E-state index is 0.116. The van der Waals surface area contributed by atoms with Crippen molar-refractivity contribution >= 4 is 37.5 Å². The van der Waals surface area contributed by atoms with Crippen molar-refractivity contribution in [3.63, 3.8) is 0 Å². The lowest BCUT2D eigenvalue weighted by Crippen LogP contribution is -2.62. The maximum Gasteiger partial charge on any atom is 0.188 e. The lowest BCUT2D eigenvalue weighted by molar-refractivity contribution is 0.116. The SMILES string of the molecule is Oc1cc(-c2cn[nH]c2)cnc1-c1nc2sc(N3CC4(CC5CCC(C4)N5)C3)nc2s1. The van der Waals surface area contributed by atoms with Crippen molar-refractivity contribution in [2.75, 3.05) is 18.0 Å². The summed E-state index contributed by atoms with van der Waals surface area (Å²) >= 11 is 3.13. The van der Waals surface area contributed by atoms with Gasteiger partial charge in [-0.25, -0.2) is 15.0 Å². The molecule has 2 bridgehead atoms. The minimum absolute atomic E-state index is 0.116. The van der Waals surface area contributed by atoms with Crippen LogP contribution in [0.4, 0.5) is 5.13 Å². The van der Waals surface area contributed by atoms with Crippen LogP contribution in [-0.2, 0) is 0 Å². The second-order valence-corrected chi connectivity index (χ2v) is 11.0.